The SMILES string of the molecule is CC(=O)c1c(F)cccc1N1CCOC(C)(c2cnn(C)c2)C1. The van der Waals surface area contributed by atoms with Crippen molar-refractivity contribution in [3.05, 3.63) is 47.5 Å². The summed E-state index contributed by atoms with van der Waals surface area (Å²) in [6.45, 7) is 5.02. The van der Waals surface area contributed by atoms with Gasteiger partial charge >= 0.3 is 0 Å². The van der Waals surface area contributed by atoms with E-state index in [0.29, 0.717) is 25.4 Å². The molecule has 1 aliphatic heterocycles. The number of carbonyl (C=O) groups is 1. The molecule has 3 rings (SSSR count). The molecule has 0 radical (unpaired) electrons. The van der Waals surface area contributed by atoms with Gasteiger partial charge in [0, 0.05) is 25.4 Å². The molecule has 0 saturated carbocycles. The third kappa shape index (κ3) is 2.86. The van der Waals surface area contributed by atoms with Crippen molar-refractivity contribution in [3.8, 4) is 0 Å². The van der Waals surface area contributed by atoms with Crippen molar-refractivity contribution >= 4 is 11.5 Å². The van der Waals surface area contributed by atoms with E-state index in [1.165, 1.54) is 13.0 Å². The van der Waals surface area contributed by atoms with Crippen LogP contribution >= 0.6 is 0 Å². The fourth-order valence-electron chi connectivity index (χ4n) is 3.07. The van der Waals surface area contributed by atoms with E-state index < -0.39 is 11.4 Å². The van der Waals surface area contributed by atoms with Crippen LogP contribution in [0, 0.1) is 5.82 Å². The Balaban J connectivity index is 1.96. The zero-order valence-corrected chi connectivity index (χ0v) is 13.5. The number of aromatic nitrogens is 2. The van der Waals surface area contributed by atoms with Crippen LogP contribution in [-0.2, 0) is 17.4 Å². The molecule has 0 spiro atoms. The molecular formula is C17H20FN3O2. The van der Waals surface area contributed by atoms with Crippen LogP contribution in [0.5, 0.6) is 0 Å². The normalized spacial score (nSPS) is 21.5. The van der Waals surface area contributed by atoms with E-state index in [0.717, 1.165) is 5.56 Å². The Kier molecular flexibility index (Phi) is 3.93. The van der Waals surface area contributed by atoms with Crippen molar-refractivity contribution < 1.29 is 13.9 Å². The number of ketones is 1. The fraction of sp³-hybridized carbons (Fsp3) is 0.412. The second-order valence-electron chi connectivity index (χ2n) is 6.09. The van der Waals surface area contributed by atoms with E-state index in [-0.39, 0.29) is 11.3 Å². The van der Waals surface area contributed by atoms with Crippen LogP contribution in [0.25, 0.3) is 0 Å². The molecule has 0 aliphatic carbocycles. The highest BCUT2D eigenvalue weighted by molar-refractivity contribution is 6.00. The van der Waals surface area contributed by atoms with Crippen LogP contribution < -0.4 is 4.90 Å². The van der Waals surface area contributed by atoms with Gasteiger partial charge in [0.15, 0.2) is 5.78 Å². The largest absolute Gasteiger partial charge is 0.367 e. The predicted octanol–water partition coefficient (Wildman–Crippen LogP) is 2.51. The number of aryl methyl sites for hydroxylation is 1. The van der Waals surface area contributed by atoms with Crippen LogP contribution in [0.1, 0.15) is 29.8 Å². The Hall–Kier alpha value is -2.21. The van der Waals surface area contributed by atoms with Crippen molar-refractivity contribution in [1.29, 1.82) is 0 Å². The Bertz CT molecular complexity index is 743. The molecule has 23 heavy (non-hydrogen) atoms. The average Bonchev–Trinajstić information content (AvgIpc) is 2.94. The number of ether oxygens (including phenoxy) is 1. The first-order valence-corrected chi connectivity index (χ1v) is 7.58. The lowest BCUT2D eigenvalue weighted by Gasteiger charge is -2.41. The van der Waals surface area contributed by atoms with E-state index in [2.05, 4.69) is 5.10 Å². The molecule has 1 saturated heterocycles. The Morgan fingerprint density at radius 3 is 2.87 bits per heavy atom. The lowest BCUT2D eigenvalue weighted by Crippen LogP contribution is -2.48. The standard InChI is InChI=1S/C17H20FN3O2/c1-12(22)16-14(18)5-4-6-15(16)21-7-8-23-17(2,11-21)13-9-19-20(3)10-13/h4-6,9-10H,7-8,11H2,1-3H3. The molecule has 1 aliphatic rings. The molecule has 1 aromatic carbocycles. The summed E-state index contributed by atoms with van der Waals surface area (Å²) in [4.78, 5) is 13.9. The highest BCUT2D eigenvalue weighted by atomic mass is 19.1. The lowest BCUT2D eigenvalue weighted by atomic mass is 9.95. The average molecular weight is 317 g/mol. The van der Waals surface area contributed by atoms with Gasteiger partial charge in [-0.1, -0.05) is 6.07 Å². The van der Waals surface area contributed by atoms with Gasteiger partial charge in [-0.2, -0.15) is 5.10 Å². The van der Waals surface area contributed by atoms with Gasteiger partial charge in [0.05, 0.1) is 30.6 Å². The topological polar surface area (TPSA) is 47.4 Å². The highest BCUT2D eigenvalue weighted by Gasteiger charge is 2.36. The van der Waals surface area contributed by atoms with E-state index in [1.807, 2.05) is 25.1 Å². The first kappa shape index (κ1) is 15.7. The third-order valence-corrected chi connectivity index (χ3v) is 4.27. The maximum Gasteiger partial charge on any atom is 0.164 e. The number of rotatable bonds is 3. The second-order valence-corrected chi connectivity index (χ2v) is 6.09. The predicted molar refractivity (Wildman–Crippen MR) is 85.1 cm³/mol. The van der Waals surface area contributed by atoms with Gasteiger partial charge in [-0.15, -0.1) is 0 Å². The Morgan fingerprint density at radius 1 is 1.43 bits per heavy atom. The number of Topliss-reactive ketones (excluding diaryl/α,β-unsaturated/α-hetero) is 1. The molecule has 0 N–H and O–H groups in total. The van der Waals surface area contributed by atoms with Crippen LogP contribution in [-0.4, -0.2) is 35.3 Å². The molecule has 6 heteroatoms. The summed E-state index contributed by atoms with van der Waals surface area (Å²) in [6, 6.07) is 4.74. The second kappa shape index (κ2) is 5.77. The van der Waals surface area contributed by atoms with Gasteiger partial charge in [-0.25, -0.2) is 4.39 Å². The van der Waals surface area contributed by atoms with Crippen LogP contribution in [0.3, 0.4) is 0 Å². The van der Waals surface area contributed by atoms with Crippen molar-refractivity contribution in [1.82, 2.24) is 9.78 Å². The monoisotopic (exact) mass is 317 g/mol. The molecule has 1 atom stereocenters. The number of hydrogen-bond donors (Lipinski definition) is 0. The van der Waals surface area contributed by atoms with Gasteiger partial charge in [0.1, 0.15) is 11.4 Å². The first-order valence-electron chi connectivity index (χ1n) is 7.58. The summed E-state index contributed by atoms with van der Waals surface area (Å²) in [5.74, 6) is -0.753. The number of benzene rings is 1. The zero-order valence-electron chi connectivity index (χ0n) is 13.5. The summed E-state index contributed by atoms with van der Waals surface area (Å²) in [7, 11) is 1.86. The summed E-state index contributed by atoms with van der Waals surface area (Å²) < 4.78 is 21.8. The number of hydrogen-bond acceptors (Lipinski definition) is 4. The molecule has 0 bridgehead atoms. The molecule has 122 valence electrons. The number of anilines is 1. The van der Waals surface area contributed by atoms with Crippen LogP contribution in [0.4, 0.5) is 10.1 Å². The van der Waals surface area contributed by atoms with Crippen molar-refractivity contribution in [2.45, 2.75) is 19.4 Å². The van der Waals surface area contributed by atoms with Crippen molar-refractivity contribution in [3.63, 3.8) is 0 Å². The minimum Gasteiger partial charge on any atom is -0.367 e. The highest BCUT2D eigenvalue weighted by Crippen LogP contribution is 2.33. The van der Waals surface area contributed by atoms with Gasteiger partial charge in [0.25, 0.3) is 0 Å². The number of morpholine rings is 1. The summed E-state index contributed by atoms with van der Waals surface area (Å²) >= 11 is 0. The maximum absolute atomic E-state index is 14.1. The van der Waals surface area contributed by atoms with Gasteiger partial charge in [-0.05, 0) is 26.0 Å². The minimum absolute atomic E-state index is 0.142. The van der Waals surface area contributed by atoms with E-state index in [4.69, 9.17) is 4.74 Å². The summed E-state index contributed by atoms with van der Waals surface area (Å²) in [5, 5.41) is 4.20. The van der Waals surface area contributed by atoms with E-state index in [9.17, 15) is 9.18 Å². The molecule has 1 fully saturated rings. The molecule has 1 unspecified atom stereocenters. The molecule has 2 heterocycles. The number of halogens is 1. The third-order valence-electron chi connectivity index (χ3n) is 4.27. The number of nitrogens with zero attached hydrogens (tertiary/aromatic N) is 3. The quantitative estimate of drug-likeness (QED) is 0.816. The lowest BCUT2D eigenvalue weighted by molar-refractivity contribution is -0.0466. The molecule has 2 aromatic rings. The first-order chi connectivity index (χ1) is 10.9. The zero-order chi connectivity index (χ0) is 16.6. The molecule has 1 aromatic heterocycles. The van der Waals surface area contributed by atoms with Gasteiger partial charge < -0.3 is 9.64 Å². The Labute approximate surface area is 134 Å². The summed E-state index contributed by atoms with van der Waals surface area (Å²) in [6.07, 6.45) is 3.70. The van der Waals surface area contributed by atoms with Crippen LogP contribution in [0.15, 0.2) is 30.6 Å². The van der Waals surface area contributed by atoms with Crippen LogP contribution in [0.2, 0.25) is 0 Å². The molecule has 0 amide bonds. The van der Waals surface area contributed by atoms with E-state index in [1.54, 1.807) is 23.0 Å². The smallest absolute Gasteiger partial charge is 0.164 e. The van der Waals surface area contributed by atoms with Gasteiger partial charge in [-0.3, -0.25) is 9.48 Å². The molecule has 5 nitrogen and oxygen atoms in total. The maximum atomic E-state index is 14.1. The van der Waals surface area contributed by atoms with Crippen molar-refractivity contribution in [2.24, 2.45) is 7.05 Å². The fourth-order valence-corrected chi connectivity index (χ4v) is 3.07. The van der Waals surface area contributed by atoms with Gasteiger partial charge in [0.2, 0.25) is 0 Å². The minimum atomic E-state index is -0.549. The number of carbonyl (C=O) groups excluding carboxylic acids is 1. The Morgan fingerprint density at radius 2 is 2.22 bits per heavy atom. The molecular weight excluding hydrogens is 297 g/mol. The summed E-state index contributed by atoms with van der Waals surface area (Å²) in [5.41, 5.74) is 1.18. The van der Waals surface area contributed by atoms with E-state index >= 15 is 0 Å². The van der Waals surface area contributed by atoms with Crippen molar-refractivity contribution in [2.75, 3.05) is 24.6 Å².